The van der Waals surface area contributed by atoms with Crippen LogP contribution in [0.25, 0.3) is 0 Å². The number of nitrogens with one attached hydrogen (secondary N) is 2. The van der Waals surface area contributed by atoms with Gasteiger partial charge in [0.1, 0.15) is 12.7 Å². The molecule has 3 atom stereocenters. The maximum absolute atomic E-state index is 11.8. The van der Waals surface area contributed by atoms with Crippen LogP contribution in [0.1, 0.15) is 27.2 Å². The predicted molar refractivity (Wildman–Crippen MR) is 87.1 cm³/mol. The van der Waals surface area contributed by atoms with Gasteiger partial charge in [-0.05, 0) is 27.2 Å². The molecule has 0 aromatic carbocycles. The number of ether oxygens (including phenoxy) is 1. The maximum atomic E-state index is 11.8. The topological polar surface area (TPSA) is 84.3 Å². The van der Waals surface area contributed by atoms with Crippen molar-refractivity contribution in [3.63, 3.8) is 0 Å². The van der Waals surface area contributed by atoms with Gasteiger partial charge in [0.25, 0.3) is 0 Å². The second-order valence-corrected chi connectivity index (χ2v) is 6.21. The highest BCUT2D eigenvalue weighted by Gasteiger charge is 2.25. The summed E-state index contributed by atoms with van der Waals surface area (Å²) in [7, 11) is 0. The molecule has 0 unspecified atom stereocenters. The lowest BCUT2D eigenvalue weighted by atomic mass is 10.2. The van der Waals surface area contributed by atoms with Crippen molar-refractivity contribution in [1.82, 2.24) is 30.3 Å². The largest absolute Gasteiger partial charge is 0.373 e. The third kappa shape index (κ3) is 6.15. The van der Waals surface area contributed by atoms with E-state index in [1.807, 2.05) is 0 Å². The molecule has 23 heavy (non-hydrogen) atoms. The van der Waals surface area contributed by atoms with Crippen molar-refractivity contribution in [2.24, 2.45) is 0 Å². The van der Waals surface area contributed by atoms with Gasteiger partial charge in [0, 0.05) is 38.8 Å². The quantitative estimate of drug-likeness (QED) is 0.712. The molecule has 1 aliphatic rings. The molecule has 0 saturated carbocycles. The van der Waals surface area contributed by atoms with Crippen molar-refractivity contribution < 1.29 is 9.53 Å². The Morgan fingerprint density at radius 2 is 2.09 bits per heavy atom. The molecular weight excluding hydrogens is 296 g/mol. The lowest BCUT2D eigenvalue weighted by Crippen LogP contribution is -2.53. The molecule has 1 fully saturated rings. The third-order valence-electron chi connectivity index (χ3n) is 3.95. The number of aryl methyl sites for hydroxylation is 1. The SMILES string of the molecule is C[C@@H]1CN([C@H](C)CNC(=O)NCCCn2cncn2)C[C@H](C)O1. The zero-order chi connectivity index (χ0) is 16.7. The minimum absolute atomic E-state index is 0.121. The van der Waals surface area contributed by atoms with Crippen molar-refractivity contribution in [2.45, 2.75) is 52.0 Å². The molecule has 2 amide bonds. The summed E-state index contributed by atoms with van der Waals surface area (Å²) in [5, 5.41) is 9.82. The van der Waals surface area contributed by atoms with Crippen molar-refractivity contribution >= 4 is 6.03 Å². The number of amides is 2. The van der Waals surface area contributed by atoms with E-state index in [0.717, 1.165) is 26.1 Å². The standard InChI is InChI=1S/C15H28N6O2/c1-12(20-8-13(2)23-14(3)9-20)7-18-15(22)17-5-4-6-21-11-16-10-19-21/h10-14H,4-9H2,1-3H3,(H2,17,18,22)/t12-,13-,14+/m1/s1. The Bertz CT molecular complexity index is 457. The summed E-state index contributed by atoms with van der Waals surface area (Å²) in [5.74, 6) is 0. The van der Waals surface area contributed by atoms with E-state index in [2.05, 4.69) is 46.4 Å². The number of hydrogen-bond donors (Lipinski definition) is 2. The van der Waals surface area contributed by atoms with Gasteiger partial charge in [0.05, 0.1) is 12.2 Å². The number of carbonyl (C=O) groups excluding carboxylic acids is 1. The average Bonchev–Trinajstić information content (AvgIpc) is 3.01. The molecule has 1 aromatic rings. The van der Waals surface area contributed by atoms with Crippen molar-refractivity contribution in [3.8, 4) is 0 Å². The van der Waals surface area contributed by atoms with E-state index < -0.39 is 0 Å². The van der Waals surface area contributed by atoms with E-state index in [1.165, 1.54) is 6.33 Å². The summed E-state index contributed by atoms with van der Waals surface area (Å²) in [6, 6.07) is 0.175. The fourth-order valence-electron chi connectivity index (χ4n) is 2.80. The first-order valence-electron chi connectivity index (χ1n) is 8.28. The first-order chi connectivity index (χ1) is 11.0. The Hall–Kier alpha value is -1.67. The van der Waals surface area contributed by atoms with E-state index in [-0.39, 0.29) is 18.2 Å². The molecule has 130 valence electrons. The number of urea groups is 1. The van der Waals surface area contributed by atoms with Gasteiger partial charge in [-0.2, -0.15) is 5.10 Å². The van der Waals surface area contributed by atoms with Crippen molar-refractivity contribution in [3.05, 3.63) is 12.7 Å². The van der Waals surface area contributed by atoms with E-state index in [4.69, 9.17) is 4.74 Å². The lowest BCUT2D eigenvalue weighted by molar-refractivity contribution is -0.0778. The molecule has 1 aromatic heterocycles. The number of aromatic nitrogens is 3. The normalized spacial score (nSPS) is 23.4. The molecule has 0 aliphatic carbocycles. The maximum Gasteiger partial charge on any atom is 0.314 e. The van der Waals surface area contributed by atoms with Gasteiger partial charge in [0.15, 0.2) is 0 Å². The fraction of sp³-hybridized carbons (Fsp3) is 0.800. The van der Waals surface area contributed by atoms with Crippen LogP contribution in [0.3, 0.4) is 0 Å². The minimum atomic E-state index is -0.121. The molecule has 8 nitrogen and oxygen atoms in total. The Balaban J connectivity index is 1.58. The van der Waals surface area contributed by atoms with Gasteiger partial charge in [-0.3, -0.25) is 9.58 Å². The van der Waals surface area contributed by atoms with E-state index in [0.29, 0.717) is 19.1 Å². The summed E-state index contributed by atoms with van der Waals surface area (Å²) in [4.78, 5) is 18.1. The molecule has 2 rings (SSSR count). The summed E-state index contributed by atoms with van der Waals surface area (Å²) in [5.41, 5.74) is 0. The highest BCUT2D eigenvalue weighted by molar-refractivity contribution is 5.73. The zero-order valence-corrected chi connectivity index (χ0v) is 14.2. The molecule has 1 aliphatic heterocycles. The highest BCUT2D eigenvalue weighted by atomic mass is 16.5. The number of rotatable bonds is 7. The lowest BCUT2D eigenvalue weighted by Gasteiger charge is -2.38. The van der Waals surface area contributed by atoms with Crippen molar-refractivity contribution in [1.29, 1.82) is 0 Å². The highest BCUT2D eigenvalue weighted by Crippen LogP contribution is 2.13. The van der Waals surface area contributed by atoms with Crippen LogP contribution in [0.15, 0.2) is 12.7 Å². The molecule has 2 N–H and O–H groups in total. The van der Waals surface area contributed by atoms with Crippen LogP contribution < -0.4 is 10.6 Å². The summed E-state index contributed by atoms with van der Waals surface area (Å²) in [6.45, 7) is 10.1. The summed E-state index contributed by atoms with van der Waals surface area (Å²) in [6.07, 6.45) is 4.49. The van der Waals surface area contributed by atoms with Crippen molar-refractivity contribution in [2.75, 3.05) is 26.2 Å². The summed E-state index contributed by atoms with van der Waals surface area (Å²) < 4.78 is 7.49. The van der Waals surface area contributed by atoms with Crippen LogP contribution in [0.4, 0.5) is 4.79 Å². The minimum Gasteiger partial charge on any atom is -0.373 e. The van der Waals surface area contributed by atoms with E-state index in [1.54, 1.807) is 11.0 Å². The van der Waals surface area contributed by atoms with Crippen LogP contribution in [-0.2, 0) is 11.3 Å². The first-order valence-corrected chi connectivity index (χ1v) is 8.28. The van der Waals surface area contributed by atoms with Gasteiger partial charge < -0.3 is 15.4 Å². The molecule has 2 heterocycles. The molecule has 0 radical (unpaired) electrons. The Kier molecular flexibility index (Phi) is 6.79. The molecule has 0 spiro atoms. The second-order valence-electron chi connectivity index (χ2n) is 6.21. The Labute approximate surface area is 137 Å². The van der Waals surface area contributed by atoms with E-state index in [9.17, 15) is 4.79 Å². The van der Waals surface area contributed by atoms with Gasteiger partial charge >= 0.3 is 6.03 Å². The van der Waals surface area contributed by atoms with Gasteiger partial charge in [-0.25, -0.2) is 9.78 Å². The van der Waals surface area contributed by atoms with Gasteiger partial charge in [-0.15, -0.1) is 0 Å². The molecule has 8 heteroatoms. The van der Waals surface area contributed by atoms with Crippen LogP contribution in [-0.4, -0.2) is 70.1 Å². The number of carbonyl (C=O) groups is 1. The Morgan fingerprint density at radius 1 is 1.35 bits per heavy atom. The number of hydrogen-bond acceptors (Lipinski definition) is 5. The predicted octanol–water partition coefficient (Wildman–Crippen LogP) is 0.465. The summed E-state index contributed by atoms with van der Waals surface area (Å²) >= 11 is 0. The first kappa shape index (κ1) is 17.7. The average molecular weight is 324 g/mol. The number of nitrogens with zero attached hydrogens (tertiary/aromatic N) is 4. The van der Waals surface area contributed by atoms with E-state index >= 15 is 0 Å². The number of morpholine rings is 1. The third-order valence-corrected chi connectivity index (χ3v) is 3.95. The van der Waals surface area contributed by atoms with Gasteiger partial charge in [-0.1, -0.05) is 0 Å². The molecular formula is C15H28N6O2. The molecule has 1 saturated heterocycles. The van der Waals surface area contributed by atoms with Crippen LogP contribution >= 0.6 is 0 Å². The fourth-order valence-corrected chi connectivity index (χ4v) is 2.80. The van der Waals surface area contributed by atoms with Crippen LogP contribution in [0, 0.1) is 0 Å². The Morgan fingerprint density at radius 3 is 2.74 bits per heavy atom. The molecule has 0 bridgehead atoms. The van der Waals surface area contributed by atoms with Crippen LogP contribution in [0.5, 0.6) is 0 Å². The smallest absolute Gasteiger partial charge is 0.314 e. The van der Waals surface area contributed by atoms with Crippen LogP contribution in [0.2, 0.25) is 0 Å². The van der Waals surface area contributed by atoms with Gasteiger partial charge in [0.2, 0.25) is 0 Å². The second kappa shape index (κ2) is 8.83. The zero-order valence-electron chi connectivity index (χ0n) is 14.2. The monoisotopic (exact) mass is 324 g/mol.